The second kappa shape index (κ2) is 54.0. The smallest absolute Gasteiger partial charge is 0 e. The topological polar surface area (TPSA) is 0 Å². The van der Waals surface area contributed by atoms with E-state index >= 15 is 0 Å². The molecule has 3 radical (unpaired) electrons. The van der Waals surface area contributed by atoms with Gasteiger partial charge in [-0.05, 0) is 0 Å². The van der Waals surface area contributed by atoms with Gasteiger partial charge >= 0.3 is 0 Å². The van der Waals surface area contributed by atoms with Gasteiger partial charge in [0.15, 0.2) is 0 Å². The monoisotopic (exact) mass is 703 g/mol. The minimum absolute atomic E-state index is 0. The first-order valence-corrected chi connectivity index (χ1v) is 0. The zero-order chi connectivity index (χ0) is 0. The third-order valence-corrected chi connectivity index (χ3v) is 0. The predicted molar refractivity (Wildman–Crippen MR) is 27.7 cm³/mol. The van der Waals surface area contributed by atoms with E-state index in [-0.39, 0.29) is 99.9 Å². The molecule has 7 heavy (non-hydrogen) atoms. The Morgan fingerprint density at radius 2 is 0.286 bits per heavy atom. The molecule has 0 spiro atoms. The average molecular weight is 701 g/mol. The summed E-state index contributed by atoms with van der Waals surface area (Å²) >= 11 is 0. The fraction of sp³-hybridized carbons (Fsp3) is 0. The molecule has 0 N–H and O–H groups in total. The van der Waals surface area contributed by atoms with E-state index in [0.29, 0.717) is 0 Å². The third kappa shape index (κ3) is 42.3. The van der Waals surface area contributed by atoms with Crippen molar-refractivity contribution in [2.45, 2.75) is 0 Å². The third-order valence-electron chi connectivity index (χ3n) is 0. The number of hydrogen-bond acceptors (Lipinski definition) is 0. The minimum Gasteiger partial charge on any atom is -3.00 e. The fourth-order valence-electron chi connectivity index (χ4n) is 0. The molecule has 0 aromatic rings. The van der Waals surface area contributed by atoms with E-state index in [4.69, 9.17) is 0 Å². The molecule has 0 aliphatic heterocycles. The van der Waals surface area contributed by atoms with Crippen LogP contribution in [0.5, 0.6) is 0 Å². The summed E-state index contributed by atoms with van der Waals surface area (Å²) in [4.78, 5) is 0. The van der Waals surface area contributed by atoms with E-state index < -0.39 is 0 Å². The quantitative estimate of drug-likeness (QED) is 0.340. The Morgan fingerprint density at radius 1 is 0.286 bits per heavy atom. The van der Waals surface area contributed by atoms with Crippen LogP contribution >= 0.6 is 39.6 Å². The zero-order valence-electron chi connectivity index (χ0n) is 2.79. The Kier molecular flexibility index (Phi) is 572. The summed E-state index contributed by atoms with van der Waals surface area (Å²) in [6.45, 7) is 0. The van der Waals surface area contributed by atoms with E-state index in [1.807, 2.05) is 0 Å². The Balaban J connectivity index is 0. The van der Waals surface area contributed by atoms with Crippen LogP contribution in [0, 0.1) is 0 Å². The van der Waals surface area contributed by atoms with Crippen molar-refractivity contribution in [2.75, 3.05) is 0 Å². The van der Waals surface area contributed by atoms with Crippen LogP contribution in [0.15, 0.2) is 0 Å². The Hall–Kier alpha value is 3.67. The van der Waals surface area contributed by atoms with Crippen molar-refractivity contribution in [2.24, 2.45) is 0 Å². The molecule has 0 aliphatic carbocycles. The first-order valence-electron chi connectivity index (χ1n) is 0. The molecular weight excluding hydrogens is 701 g/mol. The Labute approximate surface area is 98.8 Å². The van der Waals surface area contributed by atoms with Gasteiger partial charge < -0.3 is 39.6 Å². The summed E-state index contributed by atoms with van der Waals surface area (Å²) in [5, 5.41) is 0. The molecular formula is Ir3P4-12. The Bertz CT molecular complexity index is 6.90. The van der Waals surface area contributed by atoms with Crippen LogP contribution < -0.4 is 0 Å². The maximum atomic E-state index is 0. The van der Waals surface area contributed by atoms with Gasteiger partial charge in [-0.15, -0.1) is 0 Å². The van der Waals surface area contributed by atoms with Gasteiger partial charge in [0.1, 0.15) is 0 Å². The number of rotatable bonds is 0. The van der Waals surface area contributed by atoms with E-state index in [9.17, 15) is 0 Å². The maximum Gasteiger partial charge on any atom is 0 e. The zero-order valence-corrected chi connectivity index (χ0v) is 13.6. The van der Waals surface area contributed by atoms with Crippen LogP contribution in [0.2, 0.25) is 0 Å². The second-order valence-corrected chi connectivity index (χ2v) is 0. The van der Waals surface area contributed by atoms with Gasteiger partial charge in [-0.1, -0.05) is 0 Å². The van der Waals surface area contributed by atoms with Crippen LogP contribution in [0.1, 0.15) is 0 Å². The molecule has 0 nitrogen and oxygen atoms in total. The molecule has 0 fully saturated rings. The van der Waals surface area contributed by atoms with E-state index in [1.165, 1.54) is 0 Å². The normalized spacial score (nSPS) is 0. The summed E-state index contributed by atoms with van der Waals surface area (Å²) in [5.74, 6) is 0. The summed E-state index contributed by atoms with van der Waals surface area (Å²) in [6, 6.07) is 0. The Morgan fingerprint density at radius 3 is 0.286 bits per heavy atom. The summed E-state index contributed by atoms with van der Waals surface area (Å²) in [6.07, 6.45) is 0. The van der Waals surface area contributed by atoms with Crippen LogP contribution in [-0.4, -0.2) is 0 Å². The van der Waals surface area contributed by atoms with Crippen molar-refractivity contribution in [3.63, 3.8) is 0 Å². The van der Waals surface area contributed by atoms with Crippen molar-refractivity contribution < 1.29 is 60.3 Å². The standard InChI is InChI=1S/3Ir.4P/q;;;4*-3. The van der Waals surface area contributed by atoms with Crippen molar-refractivity contribution >= 4 is 39.6 Å². The molecule has 0 unspecified atom stereocenters. The van der Waals surface area contributed by atoms with E-state index in [2.05, 4.69) is 0 Å². The molecule has 0 heterocycles. The van der Waals surface area contributed by atoms with Gasteiger partial charge in [0.2, 0.25) is 0 Å². The van der Waals surface area contributed by atoms with Gasteiger partial charge in [0.25, 0.3) is 0 Å². The fourth-order valence-corrected chi connectivity index (χ4v) is 0. The molecule has 0 atom stereocenters. The maximum absolute atomic E-state index is 0. The van der Waals surface area contributed by atoms with Crippen molar-refractivity contribution in [1.29, 1.82) is 0 Å². The average Bonchev–Trinajstić information content (AvgIpc) is 0. The first kappa shape index (κ1) is 74.1. The van der Waals surface area contributed by atoms with Crippen molar-refractivity contribution in [3.05, 3.63) is 0 Å². The second-order valence-electron chi connectivity index (χ2n) is 0. The largest absolute Gasteiger partial charge is 3.00 e. The summed E-state index contributed by atoms with van der Waals surface area (Å²) < 4.78 is 0. The van der Waals surface area contributed by atoms with Crippen molar-refractivity contribution in [1.82, 2.24) is 0 Å². The minimum atomic E-state index is 0. The van der Waals surface area contributed by atoms with Crippen LogP contribution in [0.4, 0.5) is 0 Å². The molecule has 0 aromatic heterocycles. The molecule has 0 saturated carbocycles. The molecule has 0 aliphatic rings. The molecule has 0 aromatic carbocycles. The molecule has 59 valence electrons. The van der Waals surface area contributed by atoms with Crippen LogP contribution in [-0.2, 0) is 60.3 Å². The molecule has 0 saturated heterocycles. The molecule has 0 rings (SSSR count). The SMILES string of the molecule is [Ir].[Ir].[Ir].[P-3].[P-3].[P-3].[P-3]. The van der Waals surface area contributed by atoms with Crippen LogP contribution in [0.25, 0.3) is 0 Å². The van der Waals surface area contributed by atoms with Gasteiger partial charge in [0, 0.05) is 60.3 Å². The van der Waals surface area contributed by atoms with Crippen LogP contribution in [0.3, 0.4) is 0 Å². The first-order chi connectivity index (χ1) is 0. The predicted octanol–water partition coefficient (Wildman–Crippen LogP) is 3.44. The molecule has 0 bridgehead atoms. The van der Waals surface area contributed by atoms with Gasteiger partial charge in [-0.3, -0.25) is 0 Å². The van der Waals surface area contributed by atoms with E-state index in [1.54, 1.807) is 0 Å². The summed E-state index contributed by atoms with van der Waals surface area (Å²) in [5.41, 5.74) is 0. The molecule has 0 amide bonds. The summed E-state index contributed by atoms with van der Waals surface area (Å²) in [7, 11) is 0. The van der Waals surface area contributed by atoms with Gasteiger partial charge in [-0.2, -0.15) is 0 Å². The van der Waals surface area contributed by atoms with Crippen molar-refractivity contribution in [3.8, 4) is 0 Å². The number of hydrogen-bond donors (Lipinski definition) is 0. The molecule has 7 heteroatoms. The van der Waals surface area contributed by atoms with Gasteiger partial charge in [-0.25, -0.2) is 0 Å². The van der Waals surface area contributed by atoms with E-state index in [0.717, 1.165) is 0 Å². The van der Waals surface area contributed by atoms with Gasteiger partial charge in [0.05, 0.1) is 0 Å².